The molecular formula is C13H27N3O. The molecule has 0 aliphatic carbocycles. The quantitative estimate of drug-likeness (QED) is 0.694. The van der Waals surface area contributed by atoms with Crippen LogP contribution in [0.5, 0.6) is 0 Å². The van der Waals surface area contributed by atoms with Crippen molar-refractivity contribution in [3.8, 4) is 0 Å². The summed E-state index contributed by atoms with van der Waals surface area (Å²) in [7, 11) is 0. The molecule has 1 aliphatic heterocycles. The number of amides is 1. The fraction of sp³-hybridized carbons (Fsp3) is 0.923. The minimum atomic E-state index is 0.234. The fourth-order valence-corrected chi connectivity index (χ4v) is 2.31. The van der Waals surface area contributed by atoms with Crippen molar-refractivity contribution >= 4 is 5.91 Å². The highest BCUT2D eigenvalue weighted by Gasteiger charge is 2.20. The zero-order chi connectivity index (χ0) is 12.5. The summed E-state index contributed by atoms with van der Waals surface area (Å²) in [5.74, 6) is 0.483. The molecule has 4 heteroatoms. The summed E-state index contributed by atoms with van der Waals surface area (Å²) in [6.07, 6.45) is 3.15. The van der Waals surface area contributed by atoms with Gasteiger partial charge in [-0.2, -0.15) is 0 Å². The molecule has 1 aliphatic rings. The molecule has 2 N–H and O–H groups in total. The second-order valence-corrected chi connectivity index (χ2v) is 4.75. The molecule has 0 aromatic rings. The molecule has 17 heavy (non-hydrogen) atoms. The zero-order valence-electron chi connectivity index (χ0n) is 11.3. The van der Waals surface area contributed by atoms with E-state index in [-0.39, 0.29) is 11.8 Å². The third-order valence-electron chi connectivity index (χ3n) is 3.42. The number of hydrogen-bond acceptors (Lipinski definition) is 3. The molecule has 100 valence electrons. The molecule has 0 unspecified atom stereocenters. The number of nitrogens with one attached hydrogen (secondary N) is 2. The summed E-state index contributed by atoms with van der Waals surface area (Å²) < 4.78 is 0. The molecule has 0 radical (unpaired) electrons. The predicted molar refractivity (Wildman–Crippen MR) is 71.0 cm³/mol. The molecule has 0 aromatic carbocycles. The number of likely N-dealkylation sites (N-methyl/N-ethyl adjacent to an activating group) is 1. The van der Waals surface area contributed by atoms with Crippen LogP contribution in [0.3, 0.4) is 0 Å². The van der Waals surface area contributed by atoms with Gasteiger partial charge in [0.05, 0.1) is 0 Å². The average molecular weight is 241 g/mol. The summed E-state index contributed by atoms with van der Waals surface area (Å²) in [4.78, 5) is 14.2. The maximum atomic E-state index is 11.9. The second-order valence-electron chi connectivity index (χ2n) is 4.75. The highest BCUT2D eigenvalue weighted by molar-refractivity contribution is 5.78. The number of rotatable bonds is 7. The minimum absolute atomic E-state index is 0.234. The number of carbonyl (C=O) groups excluding carboxylic acids is 1. The molecule has 1 saturated heterocycles. The molecule has 0 atom stereocenters. The van der Waals surface area contributed by atoms with Crippen LogP contribution in [0.2, 0.25) is 0 Å². The predicted octanol–water partition coefficient (Wildman–Crippen LogP) is 0.834. The summed E-state index contributed by atoms with van der Waals surface area (Å²) in [5, 5.41) is 6.35. The van der Waals surface area contributed by atoms with Crippen molar-refractivity contribution in [1.29, 1.82) is 0 Å². The van der Waals surface area contributed by atoms with Gasteiger partial charge in [0.25, 0.3) is 0 Å². The maximum Gasteiger partial charge on any atom is 0.223 e. The Hall–Kier alpha value is -0.610. The number of carbonyl (C=O) groups is 1. The molecular weight excluding hydrogens is 214 g/mol. The average Bonchev–Trinajstić information content (AvgIpc) is 2.38. The van der Waals surface area contributed by atoms with Crippen LogP contribution < -0.4 is 10.6 Å². The van der Waals surface area contributed by atoms with Crippen LogP contribution in [-0.4, -0.2) is 50.1 Å². The Kier molecular flexibility index (Phi) is 7.21. The molecule has 4 nitrogen and oxygen atoms in total. The molecule has 0 aromatic heterocycles. The lowest BCUT2D eigenvalue weighted by Gasteiger charge is -2.23. The molecule has 1 heterocycles. The van der Waals surface area contributed by atoms with E-state index in [0.717, 1.165) is 52.1 Å². The van der Waals surface area contributed by atoms with Crippen LogP contribution in [0.4, 0.5) is 0 Å². The smallest absolute Gasteiger partial charge is 0.223 e. The Bertz CT molecular complexity index is 215. The van der Waals surface area contributed by atoms with Crippen molar-refractivity contribution in [1.82, 2.24) is 15.5 Å². The van der Waals surface area contributed by atoms with Crippen LogP contribution >= 0.6 is 0 Å². The van der Waals surface area contributed by atoms with Crippen molar-refractivity contribution in [2.75, 3.05) is 39.3 Å². The zero-order valence-corrected chi connectivity index (χ0v) is 11.3. The van der Waals surface area contributed by atoms with E-state index in [9.17, 15) is 4.79 Å². The highest BCUT2D eigenvalue weighted by Crippen LogP contribution is 2.10. The van der Waals surface area contributed by atoms with Gasteiger partial charge in [-0.15, -0.1) is 0 Å². The SMILES string of the molecule is CCCN(CC)CCNC(=O)C1CCNCC1. The van der Waals surface area contributed by atoms with E-state index in [1.807, 2.05) is 0 Å². The summed E-state index contributed by atoms with van der Waals surface area (Å²) in [6.45, 7) is 10.3. The van der Waals surface area contributed by atoms with Gasteiger partial charge in [-0.25, -0.2) is 0 Å². The van der Waals surface area contributed by atoms with Crippen molar-refractivity contribution in [3.05, 3.63) is 0 Å². The van der Waals surface area contributed by atoms with Gasteiger partial charge < -0.3 is 15.5 Å². The van der Waals surface area contributed by atoms with Gasteiger partial charge in [0.2, 0.25) is 5.91 Å². The third kappa shape index (κ3) is 5.50. The van der Waals surface area contributed by atoms with E-state index in [1.165, 1.54) is 6.42 Å². The molecule has 1 fully saturated rings. The lowest BCUT2D eigenvalue weighted by Crippen LogP contribution is -2.41. The topological polar surface area (TPSA) is 44.4 Å². The van der Waals surface area contributed by atoms with Crippen LogP contribution in [0, 0.1) is 5.92 Å². The Morgan fingerprint density at radius 3 is 2.59 bits per heavy atom. The summed E-state index contributed by atoms with van der Waals surface area (Å²) in [6, 6.07) is 0. The Balaban J connectivity index is 2.14. The lowest BCUT2D eigenvalue weighted by atomic mass is 9.97. The first-order valence-electron chi connectivity index (χ1n) is 6.98. The Morgan fingerprint density at radius 2 is 2.00 bits per heavy atom. The largest absolute Gasteiger partial charge is 0.355 e. The standard InChI is InChI=1S/C13H27N3O/c1-3-10-16(4-2)11-9-15-13(17)12-5-7-14-8-6-12/h12,14H,3-11H2,1-2H3,(H,15,17). The van der Waals surface area contributed by atoms with E-state index in [1.54, 1.807) is 0 Å². The Morgan fingerprint density at radius 1 is 1.29 bits per heavy atom. The van der Waals surface area contributed by atoms with Crippen LogP contribution in [0.25, 0.3) is 0 Å². The number of nitrogens with zero attached hydrogens (tertiary/aromatic N) is 1. The van der Waals surface area contributed by atoms with Gasteiger partial charge in [0.1, 0.15) is 0 Å². The lowest BCUT2D eigenvalue weighted by molar-refractivity contribution is -0.125. The molecule has 0 bridgehead atoms. The van der Waals surface area contributed by atoms with Gasteiger partial charge in [-0.1, -0.05) is 13.8 Å². The number of hydrogen-bond donors (Lipinski definition) is 2. The first kappa shape index (κ1) is 14.5. The molecule has 0 saturated carbocycles. The minimum Gasteiger partial charge on any atom is -0.355 e. The Labute approximate surface area is 105 Å². The third-order valence-corrected chi connectivity index (χ3v) is 3.42. The summed E-state index contributed by atoms with van der Waals surface area (Å²) >= 11 is 0. The molecule has 1 rings (SSSR count). The van der Waals surface area contributed by atoms with E-state index in [4.69, 9.17) is 0 Å². The van der Waals surface area contributed by atoms with Crippen molar-refractivity contribution in [2.45, 2.75) is 33.1 Å². The van der Waals surface area contributed by atoms with Crippen LogP contribution in [-0.2, 0) is 4.79 Å². The fourth-order valence-electron chi connectivity index (χ4n) is 2.31. The highest BCUT2D eigenvalue weighted by atomic mass is 16.1. The van der Waals surface area contributed by atoms with E-state index in [2.05, 4.69) is 29.4 Å². The molecule has 0 spiro atoms. The van der Waals surface area contributed by atoms with E-state index >= 15 is 0 Å². The second kappa shape index (κ2) is 8.48. The monoisotopic (exact) mass is 241 g/mol. The van der Waals surface area contributed by atoms with Gasteiger partial charge in [0.15, 0.2) is 0 Å². The normalized spacial score (nSPS) is 17.4. The van der Waals surface area contributed by atoms with Crippen molar-refractivity contribution in [3.63, 3.8) is 0 Å². The van der Waals surface area contributed by atoms with Crippen molar-refractivity contribution in [2.24, 2.45) is 5.92 Å². The van der Waals surface area contributed by atoms with Gasteiger partial charge in [-0.05, 0) is 45.4 Å². The van der Waals surface area contributed by atoms with Gasteiger partial charge >= 0.3 is 0 Å². The van der Waals surface area contributed by atoms with Gasteiger partial charge in [0, 0.05) is 19.0 Å². The van der Waals surface area contributed by atoms with E-state index < -0.39 is 0 Å². The van der Waals surface area contributed by atoms with Crippen molar-refractivity contribution < 1.29 is 4.79 Å². The van der Waals surface area contributed by atoms with Gasteiger partial charge in [-0.3, -0.25) is 4.79 Å². The summed E-state index contributed by atoms with van der Waals surface area (Å²) in [5.41, 5.74) is 0. The van der Waals surface area contributed by atoms with Crippen LogP contribution in [0.15, 0.2) is 0 Å². The maximum absolute atomic E-state index is 11.9. The molecule has 1 amide bonds. The van der Waals surface area contributed by atoms with E-state index in [0.29, 0.717) is 0 Å². The first-order chi connectivity index (χ1) is 8.27. The number of piperidine rings is 1. The first-order valence-corrected chi connectivity index (χ1v) is 6.98. The van der Waals surface area contributed by atoms with Crippen LogP contribution in [0.1, 0.15) is 33.1 Å².